The first-order chi connectivity index (χ1) is 12.7. The van der Waals surface area contributed by atoms with E-state index < -0.39 is 11.9 Å². The number of nitriles is 1. The lowest BCUT2D eigenvalue weighted by Crippen LogP contribution is -2.25. The molecule has 2 N–H and O–H groups in total. The van der Waals surface area contributed by atoms with Gasteiger partial charge in [0.15, 0.2) is 0 Å². The number of pyridine rings is 1. The van der Waals surface area contributed by atoms with E-state index in [0.717, 1.165) is 0 Å². The molecule has 1 aromatic heterocycles. The minimum absolute atomic E-state index is 0.0267. The number of esters is 1. The topological polar surface area (TPSA) is 98.2 Å². The number of nitrogens with zero attached hydrogens (tertiary/aromatic N) is 2. The average Bonchev–Trinajstić information content (AvgIpc) is 2.68. The van der Waals surface area contributed by atoms with Gasteiger partial charge in [-0.15, -0.1) is 0 Å². The Balaban J connectivity index is 2.27. The highest BCUT2D eigenvalue weighted by atomic mass is 16.5. The molecule has 0 spiro atoms. The molecule has 3 rings (SSSR count). The predicted molar refractivity (Wildman–Crippen MR) is 94.9 cm³/mol. The molecule has 0 saturated heterocycles. The molecule has 26 heavy (non-hydrogen) atoms. The molecule has 0 saturated carbocycles. The van der Waals surface area contributed by atoms with Crippen molar-refractivity contribution in [2.45, 2.75) is 12.8 Å². The number of hydrogen-bond donors (Lipinski definition) is 1. The highest BCUT2D eigenvalue weighted by Gasteiger charge is 2.38. The first kappa shape index (κ1) is 17.2. The Morgan fingerprint density at radius 3 is 2.58 bits per heavy atom. The van der Waals surface area contributed by atoms with Crippen LogP contribution in [0.5, 0.6) is 0 Å². The van der Waals surface area contributed by atoms with E-state index >= 15 is 0 Å². The third kappa shape index (κ3) is 3.15. The van der Waals surface area contributed by atoms with Gasteiger partial charge in [0.05, 0.1) is 18.1 Å². The third-order valence-electron chi connectivity index (χ3n) is 3.99. The Hall–Kier alpha value is -3.59. The zero-order valence-corrected chi connectivity index (χ0v) is 14.2. The first-order valence-corrected chi connectivity index (χ1v) is 8.11. The summed E-state index contributed by atoms with van der Waals surface area (Å²) >= 11 is 0. The van der Waals surface area contributed by atoms with Crippen molar-refractivity contribution in [2.75, 3.05) is 6.61 Å². The summed E-state index contributed by atoms with van der Waals surface area (Å²) in [5, 5.41) is 9.62. The molecular weight excluding hydrogens is 330 g/mol. The van der Waals surface area contributed by atoms with Gasteiger partial charge in [0.2, 0.25) is 5.88 Å². The van der Waals surface area contributed by atoms with Gasteiger partial charge in [-0.2, -0.15) is 5.26 Å². The Morgan fingerprint density at radius 2 is 1.96 bits per heavy atom. The van der Waals surface area contributed by atoms with Gasteiger partial charge in [-0.25, -0.2) is 4.79 Å². The van der Waals surface area contributed by atoms with Crippen molar-refractivity contribution in [2.24, 2.45) is 5.73 Å². The minimum atomic E-state index is -0.689. The van der Waals surface area contributed by atoms with Crippen LogP contribution in [0.25, 0.3) is 5.76 Å². The van der Waals surface area contributed by atoms with E-state index in [1.54, 1.807) is 31.5 Å². The molecule has 130 valence electrons. The Morgan fingerprint density at radius 1 is 1.27 bits per heavy atom. The van der Waals surface area contributed by atoms with Crippen LogP contribution in [-0.2, 0) is 14.3 Å². The SMILES string of the molecule is CCOC(=O)C1=C(c2ccccc2)OC(N)=C(C#N)[C@H]1c1ccncc1. The Bertz CT molecular complexity index is 912. The van der Waals surface area contributed by atoms with E-state index in [2.05, 4.69) is 11.1 Å². The van der Waals surface area contributed by atoms with E-state index in [-0.39, 0.29) is 23.6 Å². The van der Waals surface area contributed by atoms with Crippen molar-refractivity contribution in [3.63, 3.8) is 0 Å². The van der Waals surface area contributed by atoms with Crippen LogP contribution in [0.15, 0.2) is 71.9 Å². The molecule has 0 unspecified atom stereocenters. The van der Waals surface area contributed by atoms with Gasteiger partial charge in [-0.1, -0.05) is 30.3 Å². The predicted octanol–water partition coefficient (Wildman–Crippen LogP) is 2.86. The van der Waals surface area contributed by atoms with Gasteiger partial charge < -0.3 is 15.2 Å². The van der Waals surface area contributed by atoms with Crippen molar-refractivity contribution in [1.82, 2.24) is 4.98 Å². The van der Waals surface area contributed by atoms with Crippen LogP contribution in [0.2, 0.25) is 0 Å². The first-order valence-electron chi connectivity index (χ1n) is 8.11. The van der Waals surface area contributed by atoms with Crippen molar-refractivity contribution in [3.8, 4) is 6.07 Å². The number of carbonyl (C=O) groups is 1. The van der Waals surface area contributed by atoms with Crippen LogP contribution >= 0.6 is 0 Å². The van der Waals surface area contributed by atoms with Crippen molar-refractivity contribution in [1.29, 1.82) is 5.26 Å². The van der Waals surface area contributed by atoms with Crippen LogP contribution in [0.3, 0.4) is 0 Å². The van der Waals surface area contributed by atoms with Crippen molar-refractivity contribution in [3.05, 3.63) is 83.0 Å². The van der Waals surface area contributed by atoms with Crippen LogP contribution in [0.1, 0.15) is 24.0 Å². The lowest BCUT2D eigenvalue weighted by molar-refractivity contribution is -0.138. The van der Waals surface area contributed by atoms with Crippen molar-refractivity contribution < 1.29 is 14.3 Å². The zero-order valence-electron chi connectivity index (χ0n) is 14.2. The summed E-state index contributed by atoms with van der Waals surface area (Å²) < 4.78 is 11.0. The molecule has 1 aliphatic heterocycles. The van der Waals surface area contributed by atoms with Gasteiger partial charge in [0.25, 0.3) is 0 Å². The summed E-state index contributed by atoms with van der Waals surface area (Å²) in [6.45, 7) is 1.93. The van der Waals surface area contributed by atoms with Crippen LogP contribution in [0.4, 0.5) is 0 Å². The van der Waals surface area contributed by atoms with Gasteiger partial charge in [0.1, 0.15) is 17.4 Å². The zero-order chi connectivity index (χ0) is 18.5. The lowest BCUT2D eigenvalue weighted by Gasteiger charge is -2.28. The molecule has 0 radical (unpaired) electrons. The highest BCUT2D eigenvalue weighted by Crippen LogP contribution is 2.42. The standard InChI is InChI=1S/C20H17N3O3/c1-2-25-20(24)17-16(13-8-10-23-11-9-13)15(12-21)19(22)26-18(17)14-6-4-3-5-7-14/h3-11,16H,2,22H2,1H3/t16-/m1/s1. The van der Waals surface area contributed by atoms with E-state index in [0.29, 0.717) is 16.9 Å². The molecule has 0 aliphatic carbocycles. The number of hydrogen-bond acceptors (Lipinski definition) is 6. The van der Waals surface area contributed by atoms with Crippen molar-refractivity contribution >= 4 is 11.7 Å². The largest absolute Gasteiger partial charge is 0.463 e. The molecule has 1 atom stereocenters. The summed E-state index contributed by atoms with van der Waals surface area (Å²) in [4.78, 5) is 16.8. The smallest absolute Gasteiger partial charge is 0.338 e. The number of carbonyl (C=O) groups excluding carboxylic acids is 1. The molecule has 0 amide bonds. The number of ether oxygens (including phenoxy) is 2. The maximum atomic E-state index is 12.8. The van der Waals surface area contributed by atoms with E-state index in [1.807, 2.05) is 30.3 Å². The monoisotopic (exact) mass is 347 g/mol. The van der Waals surface area contributed by atoms with E-state index in [4.69, 9.17) is 15.2 Å². The number of rotatable bonds is 4. The molecule has 0 fully saturated rings. The summed E-state index contributed by atoms with van der Waals surface area (Å²) in [5.74, 6) is -0.969. The summed E-state index contributed by atoms with van der Waals surface area (Å²) in [5.41, 5.74) is 7.81. The summed E-state index contributed by atoms with van der Waals surface area (Å²) in [6, 6.07) is 14.7. The molecule has 2 heterocycles. The molecule has 6 heteroatoms. The average molecular weight is 347 g/mol. The quantitative estimate of drug-likeness (QED) is 0.854. The van der Waals surface area contributed by atoms with E-state index in [9.17, 15) is 10.1 Å². The molecule has 6 nitrogen and oxygen atoms in total. The maximum absolute atomic E-state index is 12.8. The van der Waals surface area contributed by atoms with Gasteiger partial charge in [0, 0.05) is 18.0 Å². The highest BCUT2D eigenvalue weighted by molar-refractivity contribution is 5.99. The normalized spacial score (nSPS) is 16.7. The molecule has 1 aliphatic rings. The van der Waals surface area contributed by atoms with Gasteiger partial charge >= 0.3 is 5.97 Å². The summed E-state index contributed by atoms with van der Waals surface area (Å²) in [7, 11) is 0. The fourth-order valence-corrected chi connectivity index (χ4v) is 2.87. The van der Waals surface area contributed by atoms with Gasteiger partial charge in [-0.3, -0.25) is 4.98 Å². The second-order valence-corrected chi connectivity index (χ2v) is 5.53. The van der Waals surface area contributed by atoms with E-state index in [1.165, 1.54) is 0 Å². The summed E-state index contributed by atoms with van der Waals surface area (Å²) in [6.07, 6.45) is 3.20. The molecule has 2 aromatic rings. The second kappa shape index (κ2) is 7.53. The second-order valence-electron chi connectivity index (χ2n) is 5.53. The molecule has 0 bridgehead atoms. The van der Waals surface area contributed by atoms with Crippen LogP contribution in [-0.4, -0.2) is 17.6 Å². The minimum Gasteiger partial charge on any atom is -0.463 e. The fourth-order valence-electron chi connectivity index (χ4n) is 2.87. The maximum Gasteiger partial charge on any atom is 0.338 e. The van der Waals surface area contributed by atoms with Crippen LogP contribution < -0.4 is 5.73 Å². The number of allylic oxidation sites excluding steroid dienone is 1. The number of benzene rings is 1. The number of aromatic nitrogens is 1. The molecular formula is C20H17N3O3. The fraction of sp³-hybridized carbons (Fsp3) is 0.150. The molecule has 1 aromatic carbocycles. The van der Waals surface area contributed by atoms with Crippen LogP contribution in [0, 0.1) is 11.3 Å². The Labute approximate surface area is 151 Å². The number of nitrogens with two attached hydrogens (primary N) is 1. The Kier molecular flexibility index (Phi) is 4.99. The lowest BCUT2D eigenvalue weighted by atomic mass is 9.82. The van der Waals surface area contributed by atoms with Gasteiger partial charge in [-0.05, 0) is 24.6 Å². The third-order valence-corrected chi connectivity index (χ3v) is 3.99.